The number of rotatable bonds is 4. The Kier molecular flexibility index (Phi) is 5.14. The fourth-order valence-corrected chi connectivity index (χ4v) is 3.27. The first-order valence-electron chi connectivity index (χ1n) is 8.06. The maximum absolute atomic E-state index is 12.6. The summed E-state index contributed by atoms with van der Waals surface area (Å²) in [4.78, 5) is 21.1. The molecule has 0 amide bonds. The van der Waals surface area contributed by atoms with Gasteiger partial charge in [0.25, 0.3) is 0 Å². The number of imidazole rings is 1. The Hall–Kier alpha value is -2.55. The van der Waals surface area contributed by atoms with Crippen molar-refractivity contribution in [3.8, 4) is 11.5 Å². The Bertz CT molecular complexity index is 1010. The van der Waals surface area contributed by atoms with Crippen LogP contribution in [0.5, 0.6) is 0 Å². The van der Waals surface area contributed by atoms with Crippen molar-refractivity contribution in [2.45, 2.75) is 24.3 Å². The van der Waals surface area contributed by atoms with Crippen LogP contribution >= 0.6 is 11.8 Å². The lowest BCUT2D eigenvalue weighted by Gasteiger charge is -2.09. The van der Waals surface area contributed by atoms with Crippen LogP contribution in [0.4, 0.5) is 13.2 Å². The van der Waals surface area contributed by atoms with Crippen LogP contribution in [-0.4, -0.2) is 32.6 Å². The van der Waals surface area contributed by atoms with Crippen molar-refractivity contribution in [1.29, 1.82) is 0 Å². The molecule has 0 aliphatic heterocycles. The van der Waals surface area contributed by atoms with Gasteiger partial charge < -0.3 is 9.30 Å². The fraction of sp³-hybridized carbons (Fsp3) is 0.278. The molecule has 0 bridgehead atoms. The molecule has 0 saturated heterocycles. The quantitative estimate of drug-likeness (QED) is 0.472. The van der Waals surface area contributed by atoms with Gasteiger partial charge in [0.2, 0.25) is 0 Å². The van der Waals surface area contributed by atoms with Gasteiger partial charge in [0.15, 0.2) is 5.82 Å². The van der Waals surface area contributed by atoms with Crippen LogP contribution in [-0.2, 0) is 11.8 Å². The minimum absolute atomic E-state index is 0.0436. The lowest BCUT2D eigenvalue weighted by molar-refractivity contribution is -0.0328. The molecule has 1 aromatic carbocycles. The smallest absolute Gasteiger partial charge is 0.446 e. The van der Waals surface area contributed by atoms with Crippen molar-refractivity contribution in [2.75, 3.05) is 6.61 Å². The molecular formula is C18H16F3N3O2S. The summed E-state index contributed by atoms with van der Waals surface area (Å²) in [6.45, 7) is 3.72. The molecule has 2 aromatic heterocycles. The molecule has 9 heteroatoms. The number of ether oxygens (including phenoxy) is 1. The maximum atomic E-state index is 12.6. The van der Waals surface area contributed by atoms with Crippen molar-refractivity contribution in [3.63, 3.8) is 0 Å². The highest BCUT2D eigenvalue weighted by Crippen LogP contribution is 2.38. The molecule has 0 spiro atoms. The monoisotopic (exact) mass is 395 g/mol. The Labute approximate surface area is 157 Å². The van der Waals surface area contributed by atoms with Crippen molar-refractivity contribution in [2.24, 2.45) is 7.05 Å². The summed E-state index contributed by atoms with van der Waals surface area (Å²) in [5.41, 5.74) is -1.99. The van der Waals surface area contributed by atoms with Gasteiger partial charge in [-0.1, -0.05) is 0 Å². The van der Waals surface area contributed by atoms with Gasteiger partial charge in [-0.3, -0.25) is 4.98 Å². The van der Waals surface area contributed by atoms with Crippen LogP contribution in [0.15, 0.2) is 35.4 Å². The Morgan fingerprint density at radius 3 is 2.70 bits per heavy atom. The molecular weight excluding hydrogens is 379 g/mol. The van der Waals surface area contributed by atoms with Crippen molar-refractivity contribution >= 4 is 28.8 Å². The zero-order valence-corrected chi connectivity index (χ0v) is 15.6. The third-order valence-electron chi connectivity index (χ3n) is 3.82. The summed E-state index contributed by atoms with van der Waals surface area (Å²) in [5, 5.41) is 0. The summed E-state index contributed by atoms with van der Waals surface area (Å²) in [7, 11) is 1.72. The van der Waals surface area contributed by atoms with Crippen LogP contribution in [0.2, 0.25) is 0 Å². The van der Waals surface area contributed by atoms with Crippen molar-refractivity contribution in [1.82, 2.24) is 14.5 Å². The SMILES string of the molecule is CCOC(=O)c1cc(C)cnc1-c1nc2cc(SC(F)(F)F)ccc2n1C. The van der Waals surface area contributed by atoms with E-state index in [1.165, 1.54) is 12.1 Å². The van der Waals surface area contributed by atoms with E-state index in [2.05, 4.69) is 9.97 Å². The van der Waals surface area contributed by atoms with Crippen molar-refractivity contribution < 1.29 is 22.7 Å². The van der Waals surface area contributed by atoms with Crippen LogP contribution in [0.1, 0.15) is 22.8 Å². The lowest BCUT2D eigenvalue weighted by atomic mass is 10.1. The number of halogens is 3. The molecule has 27 heavy (non-hydrogen) atoms. The van der Waals surface area contributed by atoms with Gasteiger partial charge in [-0.15, -0.1) is 0 Å². The first-order valence-corrected chi connectivity index (χ1v) is 8.87. The number of aromatic nitrogens is 3. The third kappa shape index (κ3) is 4.08. The molecule has 0 radical (unpaired) electrons. The number of fused-ring (bicyclic) bond motifs is 1. The number of carbonyl (C=O) groups is 1. The molecule has 0 saturated carbocycles. The van der Waals surface area contributed by atoms with Crippen molar-refractivity contribution in [3.05, 3.63) is 41.6 Å². The molecule has 0 aliphatic rings. The largest absolute Gasteiger partial charge is 0.462 e. The summed E-state index contributed by atoms with van der Waals surface area (Å²) in [6.07, 6.45) is 1.60. The number of benzene rings is 1. The van der Waals surface area contributed by atoms with Crippen LogP contribution in [0.3, 0.4) is 0 Å². The maximum Gasteiger partial charge on any atom is 0.446 e. The minimum atomic E-state index is -4.37. The number of nitrogens with zero attached hydrogens (tertiary/aromatic N) is 3. The minimum Gasteiger partial charge on any atom is -0.462 e. The molecule has 0 N–H and O–H groups in total. The second-order valence-electron chi connectivity index (χ2n) is 5.82. The van der Waals surface area contributed by atoms with Crippen LogP contribution in [0, 0.1) is 6.92 Å². The number of pyridine rings is 1. The van der Waals surface area contributed by atoms with E-state index >= 15 is 0 Å². The molecule has 0 unspecified atom stereocenters. The highest BCUT2D eigenvalue weighted by atomic mass is 32.2. The summed E-state index contributed by atoms with van der Waals surface area (Å²) in [6, 6.07) is 5.98. The van der Waals surface area contributed by atoms with E-state index in [1.807, 2.05) is 0 Å². The zero-order chi connectivity index (χ0) is 19.8. The van der Waals surface area contributed by atoms with Gasteiger partial charge in [0, 0.05) is 18.1 Å². The molecule has 142 valence electrons. The number of hydrogen-bond donors (Lipinski definition) is 0. The average molecular weight is 395 g/mol. The van der Waals surface area contributed by atoms with E-state index in [1.54, 1.807) is 43.8 Å². The number of thioether (sulfide) groups is 1. The number of aryl methyl sites for hydroxylation is 2. The average Bonchev–Trinajstić information content (AvgIpc) is 2.89. The van der Waals surface area contributed by atoms with Crippen LogP contribution < -0.4 is 0 Å². The first kappa shape index (κ1) is 19.2. The second kappa shape index (κ2) is 7.22. The molecule has 2 heterocycles. The molecule has 0 fully saturated rings. The number of hydrogen-bond acceptors (Lipinski definition) is 5. The van der Waals surface area contributed by atoms with E-state index < -0.39 is 11.5 Å². The van der Waals surface area contributed by atoms with E-state index in [4.69, 9.17) is 4.74 Å². The van der Waals surface area contributed by atoms with Crippen LogP contribution in [0.25, 0.3) is 22.6 Å². The fourth-order valence-electron chi connectivity index (χ4n) is 2.70. The molecule has 5 nitrogen and oxygen atoms in total. The molecule has 0 atom stereocenters. The first-order chi connectivity index (χ1) is 12.7. The predicted octanol–water partition coefficient (Wildman–Crippen LogP) is 4.73. The zero-order valence-electron chi connectivity index (χ0n) is 14.8. The van der Waals surface area contributed by atoms with Gasteiger partial charge in [-0.2, -0.15) is 13.2 Å². The number of esters is 1. The standard InChI is InChI=1S/C18H16F3N3O2S/c1-4-26-17(25)12-7-10(2)9-22-15(12)16-23-13-8-11(27-18(19,20)21)5-6-14(13)24(16)3/h5-9H,4H2,1-3H3. The lowest BCUT2D eigenvalue weighted by Crippen LogP contribution is -2.09. The molecule has 3 aromatic rings. The number of carbonyl (C=O) groups excluding carboxylic acids is 1. The van der Waals surface area contributed by atoms with Gasteiger partial charge in [0.1, 0.15) is 5.69 Å². The normalized spacial score (nSPS) is 11.8. The van der Waals surface area contributed by atoms with Gasteiger partial charge >= 0.3 is 11.5 Å². The summed E-state index contributed by atoms with van der Waals surface area (Å²) < 4.78 is 44.6. The predicted molar refractivity (Wildman–Crippen MR) is 96.6 cm³/mol. The summed E-state index contributed by atoms with van der Waals surface area (Å²) in [5.74, 6) is -0.147. The highest BCUT2D eigenvalue weighted by Gasteiger charge is 2.29. The molecule has 0 aliphatic carbocycles. The third-order valence-corrected chi connectivity index (χ3v) is 4.54. The van der Waals surface area contributed by atoms with Gasteiger partial charge in [-0.25, -0.2) is 9.78 Å². The second-order valence-corrected chi connectivity index (χ2v) is 6.96. The topological polar surface area (TPSA) is 57.0 Å². The van der Waals surface area contributed by atoms with Gasteiger partial charge in [0.05, 0.1) is 23.2 Å². The number of alkyl halides is 3. The Morgan fingerprint density at radius 1 is 1.30 bits per heavy atom. The van der Waals surface area contributed by atoms with Gasteiger partial charge in [-0.05, 0) is 55.4 Å². The van der Waals surface area contributed by atoms with E-state index in [0.717, 1.165) is 5.56 Å². The summed E-state index contributed by atoms with van der Waals surface area (Å²) >= 11 is -0.196. The van der Waals surface area contributed by atoms with E-state index in [-0.39, 0.29) is 28.8 Å². The molecule has 3 rings (SSSR count). The highest BCUT2D eigenvalue weighted by molar-refractivity contribution is 8.00. The Balaban J connectivity index is 2.12. The van der Waals surface area contributed by atoms with E-state index in [0.29, 0.717) is 22.6 Å². The van der Waals surface area contributed by atoms with E-state index in [9.17, 15) is 18.0 Å². The Morgan fingerprint density at radius 2 is 2.04 bits per heavy atom.